The normalized spacial score (nSPS) is 13.7. The fraction of sp³-hybridized carbons (Fsp3) is 0.0833. The lowest BCUT2D eigenvalue weighted by atomic mass is 10.1. The Labute approximate surface area is 118 Å². The van der Waals surface area contributed by atoms with E-state index in [1.807, 2.05) is 0 Å². The SMILES string of the molecule is Oc1cc(N2C=Nc3ccc(Cl)c(Cl)c3C2)c(O)[nH]1. The summed E-state index contributed by atoms with van der Waals surface area (Å²) in [6, 6.07) is 4.88. The van der Waals surface area contributed by atoms with E-state index in [-0.39, 0.29) is 11.8 Å². The first-order chi connectivity index (χ1) is 9.06. The first-order valence-corrected chi connectivity index (χ1v) is 6.20. The highest BCUT2D eigenvalue weighted by Crippen LogP contribution is 2.39. The van der Waals surface area contributed by atoms with E-state index in [1.54, 1.807) is 23.4 Å². The van der Waals surface area contributed by atoms with Crippen molar-refractivity contribution in [2.75, 3.05) is 4.90 Å². The molecule has 3 N–H and O–H groups in total. The van der Waals surface area contributed by atoms with Crippen molar-refractivity contribution in [1.29, 1.82) is 0 Å². The Morgan fingerprint density at radius 2 is 2.05 bits per heavy atom. The van der Waals surface area contributed by atoms with E-state index in [1.165, 1.54) is 6.07 Å². The van der Waals surface area contributed by atoms with Crippen molar-refractivity contribution < 1.29 is 10.2 Å². The van der Waals surface area contributed by atoms with Crippen molar-refractivity contribution >= 4 is 40.9 Å². The standard InChI is InChI=1S/C12H9Cl2N3O2/c13-7-1-2-8-6(11(7)14)4-17(5-15-8)9-3-10(18)16-12(9)19/h1-3,5,16,18-19H,4H2. The van der Waals surface area contributed by atoms with E-state index in [0.29, 0.717) is 22.3 Å². The molecule has 19 heavy (non-hydrogen) atoms. The summed E-state index contributed by atoms with van der Waals surface area (Å²) in [6.07, 6.45) is 1.56. The van der Waals surface area contributed by atoms with E-state index in [4.69, 9.17) is 23.2 Å². The number of nitrogens with zero attached hydrogens (tertiary/aromatic N) is 2. The maximum atomic E-state index is 9.68. The lowest BCUT2D eigenvalue weighted by Crippen LogP contribution is -2.23. The zero-order valence-electron chi connectivity index (χ0n) is 9.56. The van der Waals surface area contributed by atoms with Gasteiger partial charge in [-0.15, -0.1) is 0 Å². The third-order valence-electron chi connectivity index (χ3n) is 2.91. The predicted octanol–water partition coefficient (Wildman–Crippen LogP) is 3.41. The van der Waals surface area contributed by atoms with Gasteiger partial charge in [0.2, 0.25) is 5.88 Å². The summed E-state index contributed by atoms with van der Waals surface area (Å²) in [4.78, 5) is 8.32. The smallest absolute Gasteiger partial charge is 0.215 e. The van der Waals surface area contributed by atoms with Crippen LogP contribution in [-0.4, -0.2) is 21.5 Å². The second-order valence-electron chi connectivity index (χ2n) is 4.12. The second kappa shape index (κ2) is 4.36. The molecule has 0 saturated heterocycles. The van der Waals surface area contributed by atoms with Crippen LogP contribution in [0.15, 0.2) is 23.2 Å². The van der Waals surface area contributed by atoms with Gasteiger partial charge in [-0.25, -0.2) is 4.99 Å². The van der Waals surface area contributed by atoms with Gasteiger partial charge in [-0.05, 0) is 12.1 Å². The van der Waals surface area contributed by atoms with Crippen LogP contribution in [0, 0.1) is 0 Å². The molecule has 0 saturated carbocycles. The molecule has 0 atom stereocenters. The Balaban J connectivity index is 2.03. The van der Waals surface area contributed by atoms with Crippen molar-refractivity contribution in [2.24, 2.45) is 4.99 Å². The van der Waals surface area contributed by atoms with Crippen LogP contribution in [0.5, 0.6) is 11.8 Å². The Bertz CT molecular complexity index is 682. The van der Waals surface area contributed by atoms with E-state index < -0.39 is 0 Å². The highest BCUT2D eigenvalue weighted by atomic mass is 35.5. The summed E-state index contributed by atoms with van der Waals surface area (Å²) in [5, 5.41) is 19.9. The summed E-state index contributed by atoms with van der Waals surface area (Å²) < 4.78 is 0. The fourth-order valence-electron chi connectivity index (χ4n) is 1.98. The van der Waals surface area contributed by atoms with Gasteiger partial charge >= 0.3 is 0 Å². The number of aromatic nitrogens is 1. The average Bonchev–Trinajstić information content (AvgIpc) is 2.73. The average molecular weight is 298 g/mol. The molecule has 5 nitrogen and oxygen atoms in total. The Morgan fingerprint density at radius 1 is 1.26 bits per heavy atom. The summed E-state index contributed by atoms with van der Waals surface area (Å²) in [5.41, 5.74) is 1.93. The molecule has 0 radical (unpaired) electrons. The molecular formula is C12H9Cl2N3O2. The zero-order valence-corrected chi connectivity index (χ0v) is 11.1. The van der Waals surface area contributed by atoms with Gasteiger partial charge in [0.1, 0.15) is 5.69 Å². The Kier molecular flexibility index (Phi) is 2.80. The molecule has 0 bridgehead atoms. The largest absolute Gasteiger partial charge is 0.494 e. The van der Waals surface area contributed by atoms with E-state index >= 15 is 0 Å². The number of aliphatic imine (C=N–C) groups is 1. The first-order valence-electron chi connectivity index (χ1n) is 5.45. The number of rotatable bonds is 1. The number of anilines is 1. The topological polar surface area (TPSA) is 71.8 Å². The minimum atomic E-state index is -0.134. The number of aromatic amines is 1. The van der Waals surface area contributed by atoms with Gasteiger partial charge in [0.05, 0.1) is 28.6 Å². The monoisotopic (exact) mass is 297 g/mol. The number of H-pyrrole nitrogens is 1. The molecule has 0 aliphatic carbocycles. The number of halogens is 2. The van der Waals surface area contributed by atoms with Crippen LogP contribution < -0.4 is 4.90 Å². The molecule has 0 spiro atoms. The summed E-state index contributed by atoms with van der Waals surface area (Å²) in [5.74, 6) is -0.255. The molecule has 1 aromatic heterocycles. The molecule has 98 valence electrons. The summed E-state index contributed by atoms with van der Waals surface area (Å²) in [7, 11) is 0. The molecule has 0 amide bonds. The molecule has 7 heteroatoms. The Hall–Kier alpha value is -1.85. The van der Waals surface area contributed by atoms with Gasteiger partial charge in [0, 0.05) is 11.6 Å². The van der Waals surface area contributed by atoms with Gasteiger partial charge in [-0.3, -0.25) is 4.98 Å². The number of hydrogen-bond acceptors (Lipinski definition) is 4. The molecule has 0 fully saturated rings. The minimum absolute atomic E-state index is 0.121. The number of hydrogen-bond donors (Lipinski definition) is 3. The van der Waals surface area contributed by atoms with Crippen molar-refractivity contribution in [3.63, 3.8) is 0 Å². The minimum Gasteiger partial charge on any atom is -0.494 e. The lowest BCUT2D eigenvalue weighted by molar-refractivity contribution is 0.425. The van der Waals surface area contributed by atoms with Gasteiger partial charge in [0.15, 0.2) is 5.88 Å². The number of fused-ring (bicyclic) bond motifs is 1. The molecule has 2 aromatic rings. The van der Waals surface area contributed by atoms with Crippen LogP contribution >= 0.6 is 23.2 Å². The van der Waals surface area contributed by atoms with Crippen LogP contribution in [0.2, 0.25) is 10.0 Å². The van der Waals surface area contributed by atoms with Gasteiger partial charge < -0.3 is 15.1 Å². The third-order valence-corrected chi connectivity index (χ3v) is 3.75. The number of nitrogens with one attached hydrogen (secondary N) is 1. The predicted molar refractivity (Wildman–Crippen MR) is 74.9 cm³/mol. The van der Waals surface area contributed by atoms with E-state index in [9.17, 15) is 10.2 Å². The molecule has 1 aromatic carbocycles. The van der Waals surface area contributed by atoms with Crippen LogP contribution in [0.4, 0.5) is 11.4 Å². The third kappa shape index (κ3) is 2.01. The van der Waals surface area contributed by atoms with E-state index in [2.05, 4.69) is 9.98 Å². The molecule has 2 heterocycles. The lowest BCUT2D eigenvalue weighted by Gasteiger charge is -2.24. The zero-order chi connectivity index (χ0) is 13.6. The molecular weight excluding hydrogens is 289 g/mol. The highest BCUT2D eigenvalue weighted by Gasteiger charge is 2.21. The Morgan fingerprint density at radius 3 is 2.74 bits per heavy atom. The van der Waals surface area contributed by atoms with Crippen LogP contribution in [-0.2, 0) is 6.54 Å². The fourth-order valence-corrected chi connectivity index (χ4v) is 2.38. The molecule has 1 aliphatic rings. The summed E-state index contributed by atoms with van der Waals surface area (Å²) in [6.45, 7) is 0.406. The molecule has 1 aliphatic heterocycles. The van der Waals surface area contributed by atoms with Crippen molar-refractivity contribution in [1.82, 2.24) is 4.98 Å². The van der Waals surface area contributed by atoms with Gasteiger partial charge in [-0.2, -0.15) is 0 Å². The van der Waals surface area contributed by atoms with Crippen LogP contribution in [0.25, 0.3) is 0 Å². The quantitative estimate of drug-likeness (QED) is 0.755. The van der Waals surface area contributed by atoms with Crippen molar-refractivity contribution in [3.05, 3.63) is 33.8 Å². The van der Waals surface area contributed by atoms with Crippen molar-refractivity contribution in [3.8, 4) is 11.8 Å². The van der Waals surface area contributed by atoms with Crippen LogP contribution in [0.3, 0.4) is 0 Å². The second-order valence-corrected chi connectivity index (χ2v) is 4.91. The number of benzene rings is 1. The van der Waals surface area contributed by atoms with Crippen molar-refractivity contribution in [2.45, 2.75) is 6.54 Å². The molecule has 3 rings (SSSR count). The van der Waals surface area contributed by atoms with Crippen LogP contribution in [0.1, 0.15) is 5.56 Å². The number of aromatic hydroxyl groups is 2. The maximum Gasteiger partial charge on any atom is 0.215 e. The van der Waals surface area contributed by atoms with Gasteiger partial charge in [0.25, 0.3) is 0 Å². The summed E-state index contributed by atoms with van der Waals surface area (Å²) >= 11 is 12.1. The maximum absolute atomic E-state index is 9.68. The highest BCUT2D eigenvalue weighted by molar-refractivity contribution is 6.42. The van der Waals surface area contributed by atoms with E-state index in [0.717, 1.165) is 11.3 Å². The first kappa shape index (κ1) is 12.2. The molecule has 0 unspecified atom stereocenters. The van der Waals surface area contributed by atoms with Gasteiger partial charge in [-0.1, -0.05) is 23.2 Å².